The van der Waals surface area contributed by atoms with Crippen LogP contribution in [0.5, 0.6) is 0 Å². The fourth-order valence-corrected chi connectivity index (χ4v) is 3.66. The molecule has 3 N–H and O–H groups in total. The van der Waals surface area contributed by atoms with Crippen molar-refractivity contribution in [2.45, 2.75) is 64.0 Å². The Labute approximate surface area is 110 Å². The van der Waals surface area contributed by atoms with E-state index in [1.807, 2.05) is 0 Å². The monoisotopic (exact) mass is 254 g/mol. The van der Waals surface area contributed by atoms with Crippen molar-refractivity contribution in [1.29, 1.82) is 0 Å². The van der Waals surface area contributed by atoms with Gasteiger partial charge in [0.05, 0.1) is 0 Å². The van der Waals surface area contributed by atoms with Gasteiger partial charge in [-0.15, -0.1) is 0 Å². The highest BCUT2D eigenvalue weighted by Crippen LogP contribution is 2.41. The highest BCUT2D eigenvalue weighted by atomic mass is 16.4. The minimum absolute atomic E-state index is 0.381. The maximum Gasteiger partial charge on any atom is 0.323 e. The lowest BCUT2D eigenvalue weighted by molar-refractivity contribution is -0.143. The maximum absolute atomic E-state index is 11.2. The number of aliphatic carboxylic acids is 1. The Morgan fingerprint density at radius 3 is 2.50 bits per heavy atom. The highest BCUT2D eigenvalue weighted by Gasteiger charge is 2.46. The fraction of sp³-hybridized carbons (Fsp3) is 0.929. The summed E-state index contributed by atoms with van der Waals surface area (Å²) in [4.78, 5) is 13.7. The van der Waals surface area contributed by atoms with Gasteiger partial charge in [-0.25, -0.2) is 0 Å². The molecule has 18 heavy (non-hydrogen) atoms. The zero-order chi connectivity index (χ0) is 13.4. The van der Waals surface area contributed by atoms with Crippen LogP contribution in [0.3, 0.4) is 0 Å². The van der Waals surface area contributed by atoms with Crippen LogP contribution in [0.4, 0.5) is 0 Å². The van der Waals surface area contributed by atoms with Crippen LogP contribution in [0.1, 0.15) is 52.4 Å². The third-order valence-corrected chi connectivity index (χ3v) is 5.43. The molecule has 0 bridgehead atoms. The predicted octanol–water partition coefficient (Wildman–Crippen LogP) is 1.83. The van der Waals surface area contributed by atoms with Crippen molar-refractivity contribution in [2.24, 2.45) is 11.1 Å². The van der Waals surface area contributed by atoms with Crippen molar-refractivity contribution < 1.29 is 9.90 Å². The van der Waals surface area contributed by atoms with E-state index in [4.69, 9.17) is 5.73 Å². The number of nitrogens with zero attached hydrogens (tertiary/aromatic N) is 1. The second-order valence-electron chi connectivity index (χ2n) is 6.29. The molecule has 0 radical (unpaired) electrons. The van der Waals surface area contributed by atoms with Gasteiger partial charge in [0.1, 0.15) is 5.54 Å². The summed E-state index contributed by atoms with van der Waals surface area (Å²) >= 11 is 0. The van der Waals surface area contributed by atoms with E-state index in [9.17, 15) is 9.90 Å². The van der Waals surface area contributed by atoms with Gasteiger partial charge in [-0.2, -0.15) is 0 Å². The van der Waals surface area contributed by atoms with Crippen molar-refractivity contribution in [3.05, 3.63) is 0 Å². The molecule has 2 fully saturated rings. The van der Waals surface area contributed by atoms with Gasteiger partial charge in [-0.05, 0) is 50.5 Å². The average Bonchev–Trinajstić information content (AvgIpc) is 2.94. The molecule has 1 aliphatic heterocycles. The molecule has 2 rings (SSSR count). The predicted molar refractivity (Wildman–Crippen MR) is 71.4 cm³/mol. The molecule has 4 heteroatoms. The minimum atomic E-state index is -0.978. The third-order valence-electron chi connectivity index (χ3n) is 5.43. The first-order valence-electron chi connectivity index (χ1n) is 7.21. The molecule has 2 aliphatic rings. The van der Waals surface area contributed by atoms with Crippen LogP contribution in [0.15, 0.2) is 0 Å². The van der Waals surface area contributed by atoms with Crippen LogP contribution in [0.25, 0.3) is 0 Å². The third kappa shape index (κ3) is 2.28. The topological polar surface area (TPSA) is 66.6 Å². The summed E-state index contributed by atoms with van der Waals surface area (Å²) in [6.45, 7) is 6.78. The van der Waals surface area contributed by atoms with Gasteiger partial charge in [-0.1, -0.05) is 13.8 Å². The Bertz CT molecular complexity index is 328. The molecule has 1 saturated heterocycles. The Morgan fingerprint density at radius 1 is 1.39 bits per heavy atom. The van der Waals surface area contributed by atoms with Crippen molar-refractivity contribution in [1.82, 2.24) is 4.90 Å². The summed E-state index contributed by atoms with van der Waals surface area (Å²) in [7, 11) is 0. The first-order valence-corrected chi connectivity index (χ1v) is 7.21. The second-order valence-corrected chi connectivity index (χ2v) is 6.29. The van der Waals surface area contributed by atoms with Crippen molar-refractivity contribution in [2.75, 3.05) is 13.1 Å². The minimum Gasteiger partial charge on any atom is -0.480 e. The van der Waals surface area contributed by atoms with E-state index in [0.717, 1.165) is 19.5 Å². The molecule has 0 amide bonds. The van der Waals surface area contributed by atoms with E-state index in [1.165, 1.54) is 19.3 Å². The van der Waals surface area contributed by atoms with E-state index in [1.54, 1.807) is 0 Å². The van der Waals surface area contributed by atoms with Crippen molar-refractivity contribution >= 4 is 5.97 Å². The van der Waals surface area contributed by atoms with E-state index < -0.39 is 11.5 Å². The van der Waals surface area contributed by atoms with Crippen LogP contribution in [-0.2, 0) is 4.79 Å². The largest absolute Gasteiger partial charge is 0.480 e. The van der Waals surface area contributed by atoms with E-state index in [-0.39, 0.29) is 0 Å². The zero-order valence-corrected chi connectivity index (χ0v) is 11.6. The van der Waals surface area contributed by atoms with Crippen molar-refractivity contribution in [3.63, 3.8) is 0 Å². The molecule has 0 aromatic heterocycles. The number of hydrogen-bond donors (Lipinski definition) is 2. The Kier molecular flexibility index (Phi) is 3.70. The van der Waals surface area contributed by atoms with E-state index in [0.29, 0.717) is 24.3 Å². The maximum atomic E-state index is 11.2. The summed E-state index contributed by atoms with van der Waals surface area (Å²) in [5.41, 5.74) is 5.45. The van der Waals surface area contributed by atoms with Gasteiger partial charge < -0.3 is 10.8 Å². The van der Waals surface area contributed by atoms with Crippen LogP contribution >= 0.6 is 0 Å². The van der Waals surface area contributed by atoms with Crippen LogP contribution in [0.2, 0.25) is 0 Å². The number of carboxylic acids is 1. The number of rotatable bonds is 4. The van der Waals surface area contributed by atoms with Crippen molar-refractivity contribution in [3.8, 4) is 0 Å². The first-order chi connectivity index (χ1) is 8.45. The molecule has 4 nitrogen and oxygen atoms in total. The molecule has 104 valence electrons. The number of likely N-dealkylation sites (tertiary alicyclic amines) is 1. The molecule has 2 atom stereocenters. The smallest absolute Gasteiger partial charge is 0.323 e. The number of hydrogen-bond acceptors (Lipinski definition) is 3. The molecule has 2 unspecified atom stereocenters. The van der Waals surface area contributed by atoms with Gasteiger partial charge in [-0.3, -0.25) is 9.69 Å². The normalized spacial score (nSPS) is 36.1. The lowest BCUT2D eigenvalue weighted by Gasteiger charge is -2.30. The number of carboxylic acid groups (broad SMARTS) is 1. The fourth-order valence-electron chi connectivity index (χ4n) is 3.66. The van der Waals surface area contributed by atoms with Gasteiger partial charge in [0.15, 0.2) is 0 Å². The zero-order valence-electron chi connectivity index (χ0n) is 11.6. The van der Waals surface area contributed by atoms with Gasteiger partial charge in [0.25, 0.3) is 0 Å². The summed E-state index contributed by atoms with van der Waals surface area (Å²) < 4.78 is 0. The molecular formula is C14H26N2O2. The molecule has 1 heterocycles. The molecule has 0 aromatic rings. The summed E-state index contributed by atoms with van der Waals surface area (Å²) in [6, 6.07) is 0.381. The Balaban J connectivity index is 1.98. The van der Waals surface area contributed by atoms with Gasteiger partial charge in [0, 0.05) is 12.6 Å². The molecule has 0 aromatic carbocycles. The summed E-state index contributed by atoms with van der Waals surface area (Å²) in [5, 5.41) is 9.18. The van der Waals surface area contributed by atoms with Crippen LogP contribution in [-0.4, -0.2) is 40.6 Å². The average molecular weight is 254 g/mol. The number of carbonyl (C=O) groups is 1. The van der Waals surface area contributed by atoms with Gasteiger partial charge >= 0.3 is 5.97 Å². The second kappa shape index (κ2) is 4.82. The van der Waals surface area contributed by atoms with Crippen LogP contribution < -0.4 is 5.73 Å². The molecule has 1 aliphatic carbocycles. The SMILES string of the molecule is CCC1(CC)CCN(C2CCC(N)(C(=O)O)C2)C1. The molecule has 0 spiro atoms. The quantitative estimate of drug-likeness (QED) is 0.803. The van der Waals surface area contributed by atoms with E-state index in [2.05, 4.69) is 18.7 Å². The summed E-state index contributed by atoms with van der Waals surface area (Å²) in [5.74, 6) is -0.832. The number of nitrogens with two attached hydrogens (primary N) is 1. The first kappa shape index (κ1) is 13.8. The van der Waals surface area contributed by atoms with Gasteiger partial charge in [0.2, 0.25) is 0 Å². The summed E-state index contributed by atoms with van der Waals surface area (Å²) in [6.07, 6.45) is 5.87. The highest BCUT2D eigenvalue weighted by molar-refractivity contribution is 5.79. The Hall–Kier alpha value is -0.610. The molecule has 1 saturated carbocycles. The van der Waals surface area contributed by atoms with E-state index >= 15 is 0 Å². The lowest BCUT2D eigenvalue weighted by Crippen LogP contribution is -2.47. The standard InChI is InChI=1S/C14H26N2O2/c1-3-13(4-2)7-8-16(10-13)11-5-6-14(15,9-11)12(17)18/h11H,3-10,15H2,1-2H3,(H,17,18). The lowest BCUT2D eigenvalue weighted by atomic mass is 9.82. The van der Waals surface area contributed by atoms with Crippen LogP contribution in [0, 0.1) is 5.41 Å². The Morgan fingerprint density at radius 2 is 2.06 bits per heavy atom. The molecular weight excluding hydrogens is 228 g/mol.